The topological polar surface area (TPSA) is 83.8 Å². The lowest BCUT2D eigenvalue weighted by atomic mass is 9.91. The minimum atomic E-state index is -0.805. The summed E-state index contributed by atoms with van der Waals surface area (Å²) in [6, 6.07) is 8.29. The molecule has 1 unspecified atom stereocenters. The normalized spacial score (nSPS) is 21.0. The van der Waals surface area contributed by atoms with Crippen molar-refractivity contribution in [3.05, 3.63) is 52.8 Å². The summed E-state index contributed by atoms with van der Waals surface area (Å²) in [7, 11) is 0. The van der Waals surface area contributed by atoms with E-state index in [0.29, 0.717) is 12.8 Å². The fourth-order valence-electron chi connectivity index (χ4n) is 3.67. The van der Waals surface area contributed by atoms with Gasteiger partial charge in [0.05, 0.1) is 6.20 Å². The molecule has 0 fully saturated rings. The lowest BCUT2D eigenvalue weighted by Gasteiger charge is -2.28. The number of H-pyrrole nitrogens is 1. The molecule has 1 atom stereocenters. The second kappa shape index (κ2) is 5.98. The van der Waals surface area contributed by atoms with E-state index >= 15 is 0 Å². The molecular weight excluding hydrogens is 312 g/mol. The molecule has 0 radical (unpaired) electrons. The predicted octanol–water partition coefficient (Wildman–Crippen LogP) is 1.30. The summed E-state index contributed by atoms with van der Waals surface area (Å²) in [6.45, 7) is 0. The molecule has 1 amide bonds. The van der Waals surface area contributed by atoms with E-state index in [0.717, 1.165) is 19.3 Å². The Morgan fingerprint density at radius 3 is 2.65 bits per heavy atom. The molecule has 4 rings (SSSR count). The van der Waals surface area contributed by atoms with Crippen LogP contribution in [0.1, 0.15) is 28.8 Å². The molecule has 0 saturated carbocycles. The molecule has 0 bridgehead atoms. The molecule has 0 saturated heterocycles. The number of amides is 1. The first-order chi connectivity index (χ1) is 10.6. The van der Waals surface area contributed by atoms with Crippen LogP contribution in [-0.4, -0.2) is 27.7 Å². The summed E-state index contributed by atoms with van der Waals surface area (Å²) >= 11 is 0. The lowest BCUT2D eigenvalue weighted by molar-refractivity contribution is -0.126. The minimum Gasteiger partial charge on any atom is -0.351 e. The smallest absolute Gasteiger partial charge is 0.241 e. The van der Waals surface area contributed by atoms with Crippen molar-refractivity contribution in [1.29, 1.82) is 0 Å². The van der Waals surface area contributed by atoms with E-state index < -0.39 is 5.54 Å². The monoisotopic (exact) mass is 332 g/mol. The van der Waals surface area contributed by atoms with Gasteiger partial charge >= 0.3 is 0 Å². The summed E-state index contributed by atoms with van der Waals surface area (Å²) < 4.78 is 0. The van der Waals surface area contributed by atoms with E-state index in [1.807, 2.05) is 18.3 Å². The highest BCUT2D eigenvalue weighted by molar-refractivity contribution is 5.88. The number of carbonyl (C=O) groups excluding carboxylic acids is 1. The van der Waals surface area contributed by atoms with Gasteiger partial charge in [-0.1, -0.05) is 24.3 Å². The van der Waals surface area contributed by atoms with Crippen LogP contribution in [0.4, 0.5) is 0 Å². The molecule has 1 aromatic carbocycles. The first-order valence-corrected chi connectivity index (χ1v) is 7.82. The average molecular weight is 333 g/mol. The molecule has 6 heteroatoms. The van der Waals surface area contributed by atoms with Gasteiger partial charge in [0.2, 0.25) is 5.91 Å². The zero-order chi connectivity index (χ0) is 15.2. The Balaban J connectivity index is 0.00000156. The number of nitrogens with two attached hydrogens (primary N) is 1. The number of benzene rings is 1. The van der Waals surface area contributed by atoms with Gasteiger partial charge < -0.3 is 11.1 Å². The molecular formula is C17H21ClN4O. The number of hydrogen-bond acceptors (Lipinski definition) is 3. The third-order valence-electron chi connectivity index (χ3n) is 4.93. The summed E-state index contributed by atoms with van der Waals surface area (Å²) in [5, 5.41) is 10.3. The number of nitrogens with one attached hydrogen (secondary N) is 2. The maximum Gasteiger partial charge on any atom is 0.241 e. The van der Waals surface area contributed by atoms with E-state index in [-0.39, 0.29) is 24.4 Å². The molecule has 5 nitrogen and oxygen atoms in total. The van der Waals surface area contributed by atoms with Crippen molar-refractivity contribution in [2.24, 2.45) is 5.73 Å². The number of aryl methyl sites for hydroxylation is 1. The molecule has 2 aliphatic rings. The molecule has 2 aromatic rings. The number of carbonyl (C=O) groups is 1. The van der Waals surface area contributed by atoms with E-state index in [1.54, 1.807) is 0 Å². The quantitative estimate of drug-likeness (QED) is 0.775. The highest BCUT2D eigenvalue weighted by atomic mass is 35.5. The van der Waals surface area contributed by atoms with E-state index in [4.69, 9.17) is 5.73 Å². The average Bonchev–Trinajstić information content (AvgIpc) is 3.10. The second-order valence-electron chi connectivity index (χ2n) is 6.57. The van der Waals surface area contributed by atoms with Crippen molar-refractivity contribution >= 4 is 18.3 Å². The SMILES string of the molecule is Cl.NC1(C(=O)NC2CCc3[nH]ncc3C2)Cc2ccccc2C1. The molecule has 23 heavy (non-hydrogen) atoms. The summed E-state index contributed by atoms with van der Waals surface area (Å²) in [5.41, 5.74) is 10.4. The highest BCUT2D eigenvalue weighted by Gasteiger charge is 2.41. The number of halogens is 1. The van der Waals surface area contributed by atoms with Crippen LogP contribution in [0.2, 0.25) is 0 Å². The number of nitrogens with zero attached hydrogens (tertiary/aromatic N) is 1. The molecule has 0 aliphatic heterocycles. The Morgan fingerprint density at radius 1 is 1.26 bits per heavy atom. The summed E-state index contributed by atoms with van der Waals surface area (Å²) in [6.07, 6.45) is 5.80. The third kappa shape index (κ3) is 2.86. The van der Waals surface area contributed by atoms with Crippen molar-refractivity contribution in [3.8, 4) is 0 Å². The number of fused-ring (bicyclic) bond motifs is 2. The Bertz CT molecular complexity index is 702. The van der Waals surface area contributed by atoms with Crippen molar-refractivity contribution < 1.29 is 4.79 Å². The maximum absolute atomic E-state index is 12.7. The van der Waals surface area contributed by atoms with Gasteiger partial charge in [-0.25, -0.2) is 0 Å². The van der Waals surface area contributed by atoms with Crippen molar-refractivity contribution in [2.45, 2.75) is 43.7 Å². The fraction of sp³-hybridized carbons (Fsp3) is 0.412. The second-order valence-corrected chi connectivity index (χ2v) is 6.57. The van der Waals surface area contributed by atoms with Gasteiger partial charge in [0.15, 0.2) is 0 Å². The van der Waals surface area contributed by atoms with Crippen molar-refractivity contribution in [1.82, 2.24) is 15.5 Å². The predicted molar refractivity (Wildman–Crippen MR) is 90.6 cm³/mol. The van der Waals surface area contributed by atoms with Crippen LogP contribution in [0, 0.1) is 0 Å². The summed E-state index contributed by atoms with van der Waals surface area (Å²) in [5.74, 6) is -0.0272. The zero-order valence-corrected chi connectivity index (χ0v) is 13.7. The van der Waals surface area contributed by atoms with Crippen LogP contribution < -0.4 is 11.1 Å². The van der Waals surface area contributed by atoms with Crippen molar-refractivity contribution in [3.63, 3.8) is 0 Å². The standard InChI is InChI=1S/C17H20N4O.ClH/c18-17(8-11-3-1-2-4-12(11)9-17)16(22)20-14-5-6-15-13(7-14)10-19-21-15;/h1-4,10,14H,5-9,18H2,(H,19,21)(H,20,22);1H. The van der Waals surface area contributed by atoms with Crippen LogP contribution in [0.3, 0.4) is 0 Å². The zero-order valence-electron chi connectivity index (χ0n) is 12.8. The molecule has 1 aromatic heterocycles. The Hall–Kier alpha value is -1.85. The minimum absolute atomic E-state index is 0. The Labute approximate surface area is 141 Å². The van der Waals surface area contributed by atoms with Crippen LogP contribution in [0.5, 0.6) is 0 Å². The van der Waals surface area contributed by atoms with E-state index in [1.165, 1.54) is 22.4 Å². The number of hydrogen-bond donors (Lipinski definition) is 3. The fourth-order valence-corrected chi connectivity index (χ4v) is 3.67. The van der Waals surface area contributed by atoms with E-state index in [9.17, 15) is 4.79 Å². The number of rotatable bonds is 2. The maximum atomic E-state index is 12.7. The van der Waals surface area contributed by atoms with Crippen LogP contribution in [0.15, 0.2) is 30.5 Å². The highest BCUT2D eigenvalue weighted by Crippen LogP contribution is 2.29. The van der Waals surface area contributed by atoms with Gasteiger partial charge in [0.1, 0.15) is 5.54 Å². The first kappa shape index (κ1) is 16.0. The van der Waals surface area contributed by atoms with Gasteiger partial charge in [0.25, 0.3) is 0 Å². The molecule has 2 aliphatic carbocycles. The van der Waals surface area contributed by atoms with Crippen LogP contribution in [0.25, 0.3) is 0 Å². The van der Waals surface area contributed by atoms with Gasteiger partial charge in [0, 0.05) is 11.7 Å². The van der Waals surface area contributed by atoms with E-state index in [2.05, 4.69) is 27.6 Å². The third-order valence-corrected chi connectivity index (χ3v) is 4.93. The molecule has 122 valence electrons. The van der Waals surface area contributed by atoms with Gasteiger partial charge in [-0.15, -0.1) is 12.4 Å². The number of aromatic amines is 1. The summed E-state index contributed by atoms with van der Waals surface area (Å²) in [4.78, 5) is 12.7. The van der Waals surface area contributed by atoms with Gasteiger partial charge in [-0.05, 0) is 48.8 Å². The van der Waals surface area contributed by atoms with Crippen molar-refractivity contribution in [2.75, 3.05) is 0 Å². The Morgan fingerprint density at radius 2 is 1.96 bits per heavy atom. The molecule has 0 spiro atoms. The largest absolute Gasteiger partial charge is 0.351 e. The lowest BCUT2D eigenvalue weighted by Crippen LogP contribution is -2.57. The molecule has 1 heterocycles. The van der Waals surface area contributed by atoms with Crippen LogP contribution >= 0.6 is 12.4 Å². The Kier molecular flexibility index (Phi) is 4.17. The first-order valence-electron chi connectivity index (χ1n) is 7.82. The van der Waals surface area contributed by atoms with Crippen LogP contribution in [-0.2, 0) is 30.5 Å². The van der Waals surface area contributed by atoms with Gasteiger partial charge in [-0.3, -0.25) is 9.89 Å². The number of aromatic nitrogens is 2. The van der Waals surface area contributed by atoms with Gasteiger partial charge in [-0.2, -0.15) is 5.10 Å². The molecule has 4 N–H and O–H groups in total.